The van der Waals surface area contributed by atoms with Gasteiger partial charge in [-0.3, -0.25) is 0 Å². The smallest absolute Gasteiger partial charge is 0.150 e. The van der Waals surface area contributed by atoms with Crippen molar-refractivity contribution < 1.29 is 5.11 Å². The molecular weight excluding hydrogens is 214 g/mol. The largest absolute Gasteiger partial charge is 0.389 e. The number of aromatic nitrogens is 1. The second-order valence-corrected chi connectivity index (χ2v) is 6.14. The Labute approximate surface area is 93.8 Å². The van der Waals surface area contributed by atoms with E-state index in [1.807, 2.05) is 33.1 Å². The molecule has 80 valence electrons. The Hall–Kier alpha value is -0.0600. The summed E-state index contributed by atoms with van der Waals surface area (Å²) >= 11 is 3.28. The van der Waals surface area contributed by atoms with E-state index in [-0.39, 0.29) is 5.92 Å². The van der Waals surface area contributed by atoms with E-state index in [0.29, 0.717) is 5.75 Å². The van der Waals surface area contributed by atoms with Gasteiger partial charge in [-0.15, -0.1) is 11.3 Å². The molecule has 1 atom stereocenters. The maximum absolute atomic E-state index is 10.0. The van der Waals surface area contributed by atoms with Crippen molar-refractivity contribution >= 4 is 23.1 Å². The SMILES string of the molecule is Cc1csc(SCC(C)(O)C(C)C)n1. The van der Waals surface area contributed by atoms with Crippen molar-refractivity contribution in [2.24, 2.45) is 5.92 Å². The summed E-state index contributed by atoms with van der Waals surface area (Å²) in [6.45, 7) is 7.94. The molecule has 0 aliphatic rings. The highest BCUT2D eigenvalue weighted by atomic mass is 32.2. The zero-order valence-corrected chi connectivity index (χ0v) is 10.7. The molecule has 0 saturated heterocycles. The third-order valence-corrected chi connectivity index (χ3v) is 4.79. The highest BCUT2D eigenvalue weighted by Gasteiger charge is 2.25. The summed E-state index contributed by atoms with van der Waals surface area (Å²) in [7, 11) is 0. The molecule has 0 amide bonds. The van der Waals surface area contributed by atoms with Gasteiger partial charge >= 0.3 is 0 Å². The van der Waals surface area contributed by atoms with Gasteiger partial charge in [0.2, 0.25) is 0 Å². The molecule has 0 radical (unpaired) electrons. The molecule has 14 heavy (non-hydrogen) atoms. The number of hydrogen-bond donors (Lipinski definition) is 1. The van der Waals surface area contributed by atoms with Crippen LogP contribution >= 0.6 is 23.1 Å². The molecule has 1 heterocycles. The van der Waals surface area contributed by atoms with Crippen molar-refractivity contribution in [2.45, 2.75) is 37.6 Å². The Kier molecular flexibility index (Phi) is 3.98. The van der Waals surface area contributed by atoms with Gasteiger partial charge in [0.15, 0.2) is 0 Å². The zero-order valence-electron chi connectivity index (χ0n) is 9.07. The fourth-order valence-electron chi connectivity index (χ4n) is 0.773. The maximum Gasteiger partial charge on any atom is 0.150 e. The molecule has 1 aromatic rings. The second kappa shape index (κ2) is 4.64. The molecule has 2 nitrogen and oxygen atoms in total. The van der Waals surface area contributed by atoms with Crippen LogP contribution in [0.25, 0.3) is 0 Å². The van der Waals surface area contributed by atoms with E-state index in [4.69, 9.17) is 0 Å². The average Bonchev–Trinajstić information content (AvgIpc) is 2.48. The fraction of sp³-hybridized carbons (Fsp3) is 0.700. The molecule has 0 saturated carbocycles. The second-order valence-electron chi connectivity index (χ2n) is 4.06. The first kappa shape index (κ1) is 12.0. The maximum atomic E-state index is 10.0. The van der Waals surface area contributed by atoms with Crippen LogP contribution in [0.3, 0.4) is 0 Å². The highest BCUT2D eigenvalue weighted by molar-refractivity contribution is 8.01. The van der Waals surface area contributed by atoms with Crippen LogP contribution in [0, 0.1) is 12.8 Å². The van der Waals surface area contributed by atoms with Crippen molar-refractivity contribution in [3.05, 3.63) is 11.1 Å². The number of hydrogen-bond acceptors (Lipinski definition) is 4. The van der Waals surface area contributed by atoms with Crippen LogP contribution in [0.1, 0.15) is 26.5 Å². The van der Waals surface area contributed by atoms with Crippen molar-refractivity contribution in [2.75, 3.05) is 5.75 Å². The van der Waals surface area contributed by atoms with E-state index in [1.165, 1.54) is 0 Å². The lowest BCUT2D eigenvalue weighted by Gasteiger charge is -2.26. The van der Waals surface area contributed by atoms with Gasteiger partial charge in [-0.05, 0) is 19.8 Å². The lowest BCUT2D eigenvalue weighted by atomic mass is 9.95. The van der Waals surface area contributed by atoms with Crippen LogP contribution in [0.15, 0.2) is 9.72 Å². The van der Waals surface area contributed by atoms with Gasteiger partial charge in [0, 0.05) is 16.8 Å². The van der Waals surface area contributed by atoms with Gasteiger partial charge in [-0.1, -0.05) is 25.6 Å². The molecule has 0 aliphatic heterocycles. The highest BCUT2D eigenvalue weighted by Crippen LogP contribution is 2.28. The molecule has 0 aromatic carbocycles. The molecule has 1 N–H and O–H groups in total. The standard InChI is InChI=1S/C10H17NOS2/c1-7(2)10(4,12)6-14-9-11-8(3)5-13-9/h5,7,12H,6H2,1-4H3. The van der Waals surface area contributed by atoms with Gasteiger partial charge in [-0.2, -0.15) is 0 Å². The number of nitrogens with zero attached hydrogens (tertiary/aromatic N) is 1. The number of thioether (sulfide) groups is 1. The van der Waals surface area contributed by atoms with Crippen molar-refractivity contribution in [1.82, 2.24) is 4.98 Å². The summed E-state index contributed by atoms with van der Waals surface area (Å²) in [6.07, 6.45) is 0. The normalized spacial score (nSPS) is 15.9. The lowest BCUT2D eigenvalue weighted by molar-refractivity contribution is 0.0376. The first-order chi connectivity index (χ1) is 6.42. The third kappa shape index (κ3) is 3.26. The predicted molar refractivity (Wildman–Crippen MR) is 63.0 cm³/mol. The van der Waals surface area contributed by atoms with Gasteiger partial charge < -0.3 is 5.11 Å². The number of thiazole rings is 1. The van der Waals surface area contributed by atoms with Crippen LogP contribution in [-0.2, 0) is 0 Å². The van der Waals surface area contributed by atoms with Crippen molar-refractivity contribution in [1.29, 1.82) is 0 Å². The van der Waals surface area contributed by atoms with Crippen molar-refractivity contribution in [3.8, 4) is 0 Å². The average molecular weight is 231 g/mol. The molecule has 1 rings (SSSR count). The van der Waals surface area contributed by atoms with Gasteiger partial charge in [0.1, 0.15) is 4.34 Å². The first-order valence-corrected chi connectivity index (χ1v) is 6.55. The lowest BCUT2D eigenvalue weighted by Crippen LogP contribution is -2.33. The molecular formula is C10H17NOS2. The number of aliphatic hydroxyl groups is 1. The molecule has 0 fully saturated rings. The van der Waals surface area contributed by atoms with Gasteiger partial charge in [-0.25, -0.2) is 4.98 Å². The number of rotatable bonds is 4. The van der Waals surface area contributed by atoms with E-state index >= 15 is 0 Å². The number of aryl methyl sites for hydroxylation is 1. The Balaban J connectivity index is 2.48. The van der Waals surface area contributed by atoms with Crippen molar-refractivity contribution in [3.63, 3.8) is 0 Å². The van der Waals surface area contributed by atoms with Crippen LogP contribution in [0.4, 0.5) is 0 Å². The monoisotopic (exact) mass is 231 g/mol. The first-order valence-electron chi connectivity index (χ1n) is 4.69. The Morgan fingerprint density at radius 1 is 1.64 bits per heavy atom. The van der Waals surface area contributed by atoms with Crippen LogP contribution in [0.5, 0.6) is 0 Å². The topological polar surface area (TPSA) is 33.1 Å². The summed E-state index contributed by atoms with van der Waals surface area (Å²) < 4.78 is 1.04. The summed E-state index contributed by atoms with van der Waals surface area (Å²) in [5.41, 5.74) is 0.450. The molecule has 1 aromatic heterocycles. The van der Waals surface area contributed by atoms with Crippen LogP contribution in [-0.4, -0.2) is 21.4 Å². The Morgan fingerprint density at radius 2 is 2.29 bits per heavy atom. The third-order valence-electron chi connectivity index (χ3n) is 2.33. The van der Waals surface area contributed by atoms with Crippen LogP contribution in [0.2, 0.25) is 0 Å². The molecule has 4 heteroatoms. The Morgan fingerprint density at radius 3 is 2.71 bits per heavy atom. The summed E-state index contributed by atoms with van der Waals surface area (Å²) in [5.74, 6) is 0.980. The van der Waals surface area contributed by atoms with Crippen LogP contribution < -0.4 is 0 Å². The van der Waals surface area contributed by atoms with E-state index in [2.05, 4.69) is 4.98 Å². The zero-order chi connectivity index (χ0) is 10.8. The quantitative estimate of drug-likeness (QED) is 0.809. The minimum atomic E-state index is -0.607. The predicted octanol–water partition coefficient (Wildman–Crippen LogP) is 2.95. The van der Waals surface area contributed by atoms with Gasteiger partial charge in [0.05, 0.1) is 5.60 Å². The molecule has 0 aliphatic carbocycles. The van der Waals surface area contributed by atoms with E-state index in [1.54, 1.807) is 23.1 Å². The summed E-state index contributed by atoms with van der Waals surface area (Å²) in [5, 5.41) is 12.1. The van der Waals surface area contributed by atoms with Gasteiger partial charge in [0.25, 0.3) is 0 Å². The summed E-state index contributed by atoms with van der Waals surface area (Å²) in [4.78, 5) is 4.34. The van der Waals surface area contributed by atoms with E-state index in [9.17, 15) is 5.11 Å². The minimum absolute atomic E-state index is 0.274. The fourth-order valence-corrected chi connectivity index (χ4v) is 2.84. The molecule has 0 bridgehead atoms. The molecule has 0 spiro atoms. The Bertz CT molecular complexity index is 294. The molecule has 1 unspecified atom stereocenters. The minimum Gasteiger partial charge on any atom is -0.389 e. The van der Waals surface area contributed by atoms with E-state index < -0.39 is 5.60 Å². The van der Waals surface area contributed by atoms with E-state index in [0.717, 1.165) is 10.0 Å². The summed E-state index contributed by atoms with van der Waals surface area (Å²) in [6, 6.07) is 0.